The summed E-state index contributed by atoms with van der Waals surface area (Å²) in [5, 5.41) is 9.64. The third-order valence-electron chi connectivity index (χ3n) is 4.48. The maximum Gasteiger partial charge on any atom is 0.123 e. The molecule has 3 atom stereocenters. The lowest BCUT2D eigenvalue weighted by atomic mass is 9.85. The van der Waals surface area contributed by atoms with Crippen molar-refractivity contribution in [2.24, 2.45) is 11.8 Å². The zero-order valence-corrected chi connectivity index (χ0v) is 14.1. The first kappa shape index (κ1) is 16.0. The summed E-state index contributed by atoms with van der Waals surface area (Å²) in [7, 11) is 0. The van der Waals surface area contributed by atoms with E-state index in [9.17, 15) is 5.26 Å². The minimum absolute atomic E-state index is 0.107. The zero-order valence-electron chi connectivity index (χ0n) is 14.1. The van der Waals surface area contributed by atoms with Gasteiger partial charge in [0.15, 0.2) is 0 Å². The van der Waals surface area contributed by atoms with Crippen LogP contribution in [0.25, 0.3) is 0 Å². The summed E-state index contributed by atoms with van der Waals surface area (Å²) >= 11 is 0. The molecule has 1 aliphatic rings. The van der Waals surface area contributed by atoms with Crippen molar-refractivity contribution < 1.29 is 0 Å². The van der Waals surface area contributed by atoms with Crippen molar-refractivity contribution in [3.63, 3.8) is 0 Å². The van der Waals surface area contributed by atoms with Gasteiger partial charge in [0.1, 0.15) is 6.04 Å². The van der Waals surface area contributed by atoms with Gasteiger partial charge in [-0.25, -0.2) is 0 Å². The molecule has 1 heterocycles. The number of likely N-dealkylation sites (tertiary alicyclic amines) is 1. The summed E-state index contributed by atoms with van der Waals surface area (Å²) in [4.78, 5) is 2.35. The highest BCUT2D eigenvalue weighted by molar-refractivity contribution is 5.31. The first-order valence-electron chi connectivity index (χ1n) is 8.05. The average Bonchev–Trinajstić information content (AvgIpc) is 2.38. The summed E-state index contributed by atoms with van der Waals surface area (Å²) in [6, 6.07) is 11.0. The Kier molecular flexibility index (Phi) is 4.74. The number of nitriles is 1. The van der Waals surface area contributed by atoms with Crippen molar-refractivity contribution in [2.45, 2.75) is 52.5 Å². The molecule has 1 fully saturated rings. The van der Waals surface area contributed by atoms with E-state index >= 15 is 0 Å². The van der Waals surface area contributed by atoms with Crippen LogP contribution in [0.4, 0.5) is 0 Å². The maximum atomic E-state index is 9.64. The van der Waals surface area contributed by atoms with E-state index in [2.05, 4.69) is 69.9 Å². The molecule has 2 rings (SSSR count). The number of benzene rings is 1. The molecule has 1 aromatic carbocycles. The van der Waals surface area contributed by atoms with Gasteiger partial charge in [-0.15, -0.1) is 0 Å². The number of rotatable bonds is 2. The van der Waals surface area contributed by atoms with Gasteiger partial charge in [-0.1, -0.05) is 58.9 Å². The van der Waals surface area contributed by atoms with Crippen LogP contribution in [0.2, 0.25) is 0 Å². The highest BCUT2D eigenvalue weighted by Crippen LogP contribution is 2.30. The van der Waals surface area contributed by atoms with Gasteiger partial charge in [0.25, 0.3) is 0 Å². The fraction of sp³-hybridized carbons (Fsp3) is 0.632. The van der Waals surface area contributed by atoms with Crippen molar-refractivity contribution in [3.05, 3.63) is 35.4 Å². The van der Waals surface area contributed by atoms with Gasteiger partial charge in [-0.2, -0.15) is 5.26 Å². The number of hydrogen-bond acceptors (Lipinski definition) is 2. The van der Waals surface area contributed by atoms with Crippen molar-refractivity contribution in [2.75, 3.05) is 13.1 Å². The summed E-state index contributed by atoms with van der Waals surface area (Å²) in [5.74, 6) is 1.36. The molecule has 1 saturated heterocycles. The Morgan fingerprint density at radius 2 is 1.62 bits per heavy atom. The Bertz CT molecular complexity index is 494. The van der Waals surface area contributed by atoms with Crippen LogP contribution >= 0.6 is 0 Å². The average molecular weight is 284 g/mol. The minimum atomic E-state index is -0.107. The normalized spacial score (nSPS) is 25.3. The van der Waals surface area contributed by atoms with Crippen molar-refractivity contribution in [1.82, 2.24) is 4.90 Å². The lowest BCUT2D eigenvalue weighted by Crippen LogP contribution is -2.40. The lowest BCUT2D eigenvalue weighted by molar-refractivity contribution is 0.117. The van der Waals surface area contributed by atoms with E-state index in [1.54, 1.807) is 0 Å². The van der Waals surface area contributed by atoms with Crippen LogP contribution in [-0.2, 0) is 5.41 Å². The van der Waals surface area contributed by atoms with Gasteiger partial charge in [0.05, 0.1) is 6.07 Å². The van der Waals surface area contributed by atoms with Crippen LogP contribution in [0.5, 0.6) is 0 Å². The zero-order chi connectivity index (χ0) is 15.6. The van der Waals surface area contributed by atoms with Crippen molar-refractivity contribution in [1.29, 1.82) is 5.26 Å². The molecule has 1 aliphatic heterocycles. The second-order valence-electron chi connectivity index (χ2n) is 7.80. The van der Waals surface area contributed by atoms with Gasteiger partial charge in [-0.05, 0) is 34.8 Å². The summed E-state index contributed by atoms with van der Waals surface area (Å²) in [6.45, 7) is 13.3. The van der Waals surface area contributed by atoms with Crippen molar-refractivity contribution in [3.8, 4) is 6.07 Å². The first-order chi connectivity index (χ1) is 9.81. The van der Waals surface area contributed by atoms with Crippen LogP contribution < -0.4 is 0 Å². The Morgan fingerprint density at radius 1 is 1.10 bits per heavy atom. The molecule has 114 valence electrons. The predicted molar refractivity (Wildman–Crippen MR) is 88.0 cm³/mol. The van der Waals surface area contributed by atoms with E-state index in [0.29, 0.717) is 11.8 Å². The van der Waals surface area contributed by atoms with Crippen molar-refractivity contribution >= 4 is 0 Å². The maximum absolute atomic E-state index is 9.64. The Balaban J connectivity index is 2.20. The monoisotopic (exact) mass is 284 g/mol. The number of piperidine rings is 1. The molecule has 2 nitrogen and oxygen atoms in total. The van der Waals surface area contributed by atoms with Gasteiger partial charge in [0, 0.05) is 13.1 Å². The molecular formula is C19H28N2. The number of hydrogen-bond donors (Lipinski definition) is 0. The topological polar surface area (TPSA) is 27.0 Å². The SMILES string of the molecule is CC1CC(C)CN(C(C#N)c2ccc(C(C)(C)C)cc2)C1. The molecule has 0 N–H and O–H groups in total. The fourth-order valence-electron chi connectivity index (χ4n) is 3.45. The largest absolute Gasteiger partial charge is 0.284 e. The lowest BCUT2D eigenvalue weighted by Gasteiger charge is -2.37. The molecule has 2 heteroatoms. The Morgan fingerprint density at radius 3 is 2.05 bits per heavy atom. The summed E-state index contributed by atoms with van der Waals surface area (Å²) < 4.78 is 0. The van der Waals surface area contributed by atoms with Gasteiger partial charge < -0.3 is 0 Å². The first-order valence-corrected chi connectivity index (χ1v) is 8.05. The van der Waals surface area contributed by atoms with Gasteiger partial charge >= 0.3 is 0 Å². The van der Waals surface area contributed by atoms with Crippen LogP contribution in [-0.4, -0.2) is 18.0 Å². The molecular weight excluding hydrogens is 256 g/mol. The second-order valence-corrected chi connectivity index (χ2v) is 7.80. The van der Waals surface area contributed by atoms with E-state index < -0.39 is 0 Å². The Hall–Kier alpha value is -1.33. The smallest absolute Gasteiger partial charge is 0.123 e. The van der Waals surface area contributed by atoms with Crippen LogP contribution in [0.15, 0.2) is 24.3 Å². The molecule has 0 spiro atoms. The molecule has 0 saturated carbocycles. The molecule has 0 bridgehead atoms. The van der Waals surface area contributed by atoms with Crippen LogP contribution in [0, 0.1) is 23.2 Å². The molecule has 0 radical (unpaired) electrons. The van der Waals surface area contributed by atoms with Crippen LogP contribution in [0.1, 0.15) is 58.2 Å². The fourth-order valence-corrected chi connectivity index (χ4v) is 3.45. The standard InChI is InChI=1S/C19H28N2/c1-14-10-15(2)13-21(12-14)18(11-20)16-6-8-17(9-7-16)19(3,4)5/h6-9,14-15,18H,10,12-13H2,1-5H3. The van der Waals surface area contributed by atoms with E-state index in [0.717, 1.165) is 18.7 Å². The Labute approximate surface area is 129 Å². The molecule has 0 aromatic heterocycles. The van der Waals surface area contributed by atoms with Gasteiger partial charge in [-0.3, -0.25) is 4.90 Å². The number of nitrogens with zero attached hydrogens (tertiary/aromatic N) is 2. The quantitative estimate of drug-likeness (QED) is 0.798. The van der Waals surface area contributed by atoms with E-state index in [-0.39, 0.29) is 11.5 Å². The second kappa shape index (κ2) is 6.20. The highest BCUT2D eigenvalue weighted by atomic mass is 15.2. The van der Waals surface area contributed by atoms with E-state index in [1.807, 2.05) is 0 Å². The third-order valence-corrected chi connectivity index (χ3v) is 4.48. The van der Waals surface area contributed by atoms with E-state index in [1.165, 1.54) is 12.0 Å². The van der Waals surface area contributed by atoms with Gasteiger partial charge in [0.2, 0.25) is 0 Å². The molecule has 0 amide bonds. The molecule has 1 aromatic rings. The van der Waals surface area contributed by atoms with Crippen LogP contribution in [0.3, 0.4) is 0 Å². The third kappa shape index (κ3) is 3.86. The molecule has 21 heavy (non-hydrogen) atoms. The summed E-state index contributed by atoms with van der Waals surface area (Å²) in [6.07, 6.45) is 1.28. The minimum Gasteiger partial charge on any atom is -0.284 e. The molecule has 0 aliphatic carbocycles. The molecule has 3 unspecified atom stereocenters. The van der Waals surface area contributed by atoms with E-state index in [4.69, 9.17) is 0 Å². The summed E-state index contributed by atoms with van der Waals surface area (Å²) in [5.41, 5.74) is 2.62. The highest BCUT2D eigenvalue weighted by Gasteiger charge is 2.28. The predicted octanol–water partition coefficient (Wildman–Crippen LogP) is 4.53.